The summed E-state index contributed by atoms with van der Waals surface area (Å²) in [5.41, 5.74) is 1.38. The Morgan fingerprint density at radius 1 is 1.35 bits per heavy atom. The van der Waals surface area contributed by atoms with Gasteiger partial charge in [0.15, 0.2) is 0 Å². The van der Waals surface area contributed by atoms with Gasteiger partial charge in [0.2, 0.25) is 0 Å². The van der Waals surface area contributed by atoms with Crippen LogP contribution in [0.2, 0.25) is 0 Å². The van der Waals surface area contributed by atoms with Crippen molar-refractivity contribution in [1.29, 1.82) is 0 Å². The smallest absolute Gasteiger partial charge is 0.128 e. The Morgan fingerprint density at radius 2 is 2.05 bits per heavy atom. The van der Waals surface area contributed by atoms with Crippen LogP contribution in [0.5, 0.6) is 0 Å². The quantitative estimate of drug-likeness (QED) is 0.833. The van der Waals surface area contributed by atoms with E-state index in [0.717, 1.165) is 25.5 Å². The van der Waals surface area contributed by atoms with Crippen molar-refractivity contribution in [2.24, 2.45) is 0 Å². The Morgan fingerprint density at radius 3 is 2.65 bits per heavy atom. The Labute approximate surface area is 123 Å². The Hall–Kier alpha value is -1.13. The monoisotopic (exact) mass is 279 g/mol. The molecule has 1 N–H and O–H groups in total. The predicted molar refractivity (Wildman–Crippen MR) is 85.2 cm³/mol. The van der Waals surface area contributed by atoms with E-state index in [-0.39, 0.29) is 11.6 Å². The molecule has 0 amide bonds. The van der Waals surface area contributed by atoms with E-state index >= 15 is 0 Å². The van der Waals surface area contributed by atoms with Crippen molar-refractivity contribution in [3.8, 4) is 0 Å². The van der Waals surface area contributed by atoms with Gasteiger partial charge in [-0.15, -0.1) is 0 Å². The second-order valence-corrected chi connectivity index (χ2v) is 6.47. The molecular weight excluding hydrogens is 250 g/mol. The first-order chi connectivity index (χ1) is 9.28. The summed E-state index contributed by atoms with van der Waals surface area (Å²) in [5, 5.41) is 3.49. The van der Waals surface area contributed by atoms with Gasteiger partial charge in [-0.2, -0.15) is 0 Å². The summed E-state index contributed by atoms with van der Waals surface area (Å²) in [5.74, 6) is 0.991. The maximum absolute atomic E-state index is 5.57. The van der Waals surface area contributed by atoms with Gasteiger partial charge < -0.3 is 15.0 Å². The number of pyridine rings is 1. The Balaban J connectivity index is 2.54. The van der Waals surface area contributed by atoms with E-state index in [4.69, 9.17) is 4.74 Å². The SMILES string of the molecule is CC(C)OCCN(C)c1cc(CNC(C)(C)C)ccn1. The molecule has 0 aliphatic carbocycles. The molecule has 1 aromatic heterocycles. The third-order valence-electron chi connectivity index (χ3n) is 2.90. The molecule has 0 spiro atoms. The summed E-state index contributed by atoms with van der Waals surface area (Å²) >= 11 is 0. The first-order valence-corrected chi connectivity index (χ1v) is 7.30. The van der Waals surface area contributed by atoms with Gasteiger partial charge >= 0.3 is 0 Å². The minimum absolute atomic E-state index is 0.125. The first kappa shape index (κ1) is 16.9. The Bertz CT molecular complexity index is 399. The van der Waals surface area contributed by atoms with E-state index in [2.05, 4.69) is 62.0 Å². The van der Waals surface area contributed by atoms with E-state index in [9.17, 15) is 0 Å². The van der Waals surface area contributed by atoms with Crippen LogP contribution in [0.1, 0.15) is 40.2 Å². The second kappa shape index (κ2) is 7.60. The molecule has 4 nitrogen and oxygen atoms in total. The standard InChI is InChI=1S/C16H29N3O/c1-13(2)20-10-9-19(6)15-11-14(7-8-17-15)12-18-16(3,4)5/h7-8,11,13,18H,9-10,12H2,1-6H3. The normalized spacial score (nSPS) is 11.9. The summed E-state index contributed by atoms with van der Waals surface area (Å²) in [4.78, 5) is 6.55. The number of likely N-dealkylation sites (N-methyl/N-ethyl adjacent to an activating group) is 1. The van der Waals surface area contributed by atoms with Gasteiger partial charge in [0.05, 0.1) is 12.7 Å². The van der Waals surface area contributed by atoms with Crippen molar-refractivity contribution >= 4 is 5.82 Å². The minimum Gasteiger partial charge on any atom is -0.377 e. The van der Waals surface area contributed by atoms with Crippen LogP contribution in [0.15, 0.2) is 18.3 Å². The maximum Gasteiger partial charge on any atom is 0.128 e. The van der Waals surface area contributed by atoms with E-state index in [1.54, 1.807) is 0 Å². The minimum atomic E-state index is 0.125. The molecule has 0 fully saturated rings. The fraction of sp³-hybridized carbons (Fsp3) is 0.688. The van der Waals surface area contributed by atoms with Crippen LogP contribution in [-0.4, -0.2) is 36.8 Å². The highest BCUT2D eigenvalue weighted by Crippen LogP contribution is 2.12. The van der Waals surface area contributed by atoms with E-state index in [0.29, 0.717) is 0 Å². The maximum atomic E-state index is 5.57. The third-order valence-corrected chi connectivity index (χ3v) is 2.90. The van der Waals surface area contributed by atoms with Gasteiger partial charge in [-0.05, 0) is 52.3 Å². The number of ether oxygens (including phenoxy) is 1. The largest absolute Gasteiger partial charge is 0.377 e. The van der Waals surface area contributed by atoms with Crippen molar-refractivity contribution in [1.82, 2.24) is 10.3 Å². The van der Waals surface area contributed by atoms with Gasteiger partial charge in [0.25, 0.3) is 0 Å². The van der Waals surface area contributed by atoms with Gasteiger partial charge in [-0.1, -0.05) is 0 Å². The molecule has 0 aliphatic rings. The molecule has 20 heavy (non-hydrogen) atoms. The lowest BCUT2D eigenvalue weighted by Gasteiger charge is -2.22. The number of anilines is 1. The molecule has 0 aromatic carbocycles. The average molecular weight is 279 g/mol. The van der Waals surface area contributed by atoms with E-state index in [1.807, 2.05) is 13.2 Å². The summed E-state index contributed by atoms with van der Waals surface area (Å²) in [6.45, 7) is 13.0. The predicted octanol–water partition coefficient (Wildman–Crippen LogP) is 2.83. The molecule has 0 radical (unpaired) electrons. The summed E-state index contributed by atoms with van der Waals surface area (Å²) < 4.78 is 5.57. The number of hydrogen-bond donors (Lipinski definition) is 1. The zero-order valence-electron chi connectivity index (χ0n) is 13.7. The van der Waals surface area contributed by atoms with Crippen LogP contribution in [0.4, 0.5) is 5.82 Å². The molecule has 1 rings (SSSR count). The highest BCUT2D eigenvalue weighted by Gasteiger charge is 2.09. The van der Waals surface area contributed by atoms with Crippen LogP contribution in [0.3, 0.4) is 0 Å². The van der Waals surface area contributed by atoms with Crippen molar-refractivity contribution in [2.75, 3.05) is 25.1 Å². The Kier molecular flexibility index (Phi) is 6.43. The van der Waals surface area contributed by atoms with Gasteiger partial charge in [0.1, 0.15) is 5.82 Å². The van der Waals surface area contributed by atoms with Crippen molar-refractivity contribution < 1.29 is 4.74 Å². The highest BCUT2D eigenvalue weighted by molar-refractivity contribution is 5.40. The van der Waals surface area contributed by atoms with Crippen LogP contribution < -0.4 is 10.2 Å². The summed E-state index contributed by atoms with van der Waals surface area (Å²) in [6.07, 6.45) is 2.15. The topological polar surface area (TPSA) is 37.4 Å². The molecule has 0 bridgehead atoms. The first-order valence-electron chi connectivity index (χ1n) is 7.30. The van der Waals surface area contributed by atoms with Crippen molar-refractivity contribution in [3.05, 3.63) is 23.9 Å². The van der Waals surface area contributed by atoms with E-state index < -0.39 is 0 Å². The van der Waals surface area contributed by atoms with Crippen LogP contribution in [0, 0.1) is 0 Å². The lowest BCUT2D eigenvalue weighted by atomic mass is 10.1. The van der Waals surface area contributed by atoms with Crippen LogP contribution >= 0.6 is 0 Å². The number of aromatic nitrogens is 1. The zero-order valence-corrected chi connectivity index (χ0v) is 13.7. The van der Waals surface area contributed by atoms with Crippen LogP contribution in [-0.2, 0) is 11.3 Å². The highest BCUT2D eigenvalue weighted by atomic mass is 16.5. The molecule has 1 aromatic rings. The van der Waals surface area contributed by atoms with Gasteiger partial charge in [-0.3, -0.25) is 0 Å². The molecule has 0 saturated carbocycles. The zero-order chi connectivity index (χ0) is 15.2. The third kappa shape index (κ3) is 6.87. The molecular formula is C16H29N3O. The molecule has 0 unspecified atom stereocenters. The van der Waals surface area contributed by atoms with Gasteiger partial charge in [0, 0.05) is 31.9 Å². The fourth-order valence-corrected chi connectivity index (χ4v) is 1.69. The summed E-state index contributed by atoms with van der Waals surface area (Å²) in [7, 11) is 2.05. The number of hydrogen-bond acceptors (Lipinski definition) is 4. The van der Waals surface area contributed by atoms with Crippen molar-refractivity contribution in [2.45, 2.75) is 52.8 Å². The lowest BCUT2D eigenvalue weighted by Crippen LogP contribution is -2.35. The lowest BCUT2D eigenvalue weighted by molar-refractivity contribution is 0.0845. The fourth-order valence-electron chi connectivity index (χ4n) is 1.69. The van der Waals surface area contributed by atoms with Gasteiger partial charge in [-0.25, -0.2) is 4.98 Å². The molecule has 1 heterocycles. The summed E-state index contributed by atoms with van der Waals surface area (Å²) in [6, 6.07) is 4.19. The van der Waals surface area contributed by atoms with E-state index in [1.165, 1.54) is 5.56 Å². The second-order valence-electron chi connectivity index (χ2n) is 6.47. The molecule has 0 saturated heterocycles. The molecule has 114 valence electrons. The average Bonchev–Trinajstić information content (AvgIpc) is 2.35. The number of nitrogens with zero attached hydrogens (tertiary/aromatic N) is 2. The molecule has 0 atom stereocenters. The van der Waals surface area contributed by atoms with Crippen molar-refractivity contribution in [3.63, 3.8) is 0 Å². The molecule has 4 heteroatoms. The van der Waals surface area contributed by atoms with Crippen LogP contribution in [0.25, 0.3) is 0 Å². The number of rotatable bonds is 7. The molecule has 0 aliphatic heterocycles. The number of nitrogens with one attached hydrogen (secondary N) is 1.